The van der Waals surface area contributed by atoms with Gasteiger partial charge in [-0.25, -0.2) is 8.78 Å². The van der Waals surface area contributed by atoms with E-state index in [9.17, 15) is 8.78 Å². The van der Waals surface area contributed by atoms with E-state index in [1.165, 1.54) is 11.6 Å². The minimum atomic E-state index is -0.719. The molecule has 0 N–H and O–H groups in total. The predicted octanol–water partition coefficient (Wildman–Crippen LogP) is 3.56. The third-order valence-corrected chi connectivity index (χ3v) is 4.10. The third-order valence-electron chi connectivity index (χ3n) is 4.10. The Balaban J connectivity index is 1.51. The van der Waals surface area contributed by atoms with Crippen LogP contribution in [0.25, 0.3) is 11.5 Å². The monoisotopic (exact) mass is 331 g/mol. The van der Waals surface area contributed by atoms with Crippen LogP contribution < -0.4 is 0 Å². The van der Waals surface area contributed by atoms with Crippen LogP contribution in [-0.4, -0.2) is 21.6 Å². The Bertz CT molecular complexity index is 859. The van der Waals surface area contributed by atoms with Gasteiger partial charge >= 0.3 is 0 Å². The highest BCUT2D eigenvalue weighted by Gasteiger charge is 2.20. The van der Waals surface area contributed by atoms with Gasteiger partial charge in [0.25, 0.3) is 5.89 Å². The van der Waals surface area contributed by atoms with Crippen LogP contribution in [0.15, 0.2) is 39.5 Å². The van der Waals surface area contributed by atoms with Crippen molar-refractivity contribution < 1.29 is 17.7 Å². The molecule has 0 aliphatic carbocycles. The first-order valence-electron chi connectivity index (χ1n) is 7.74. The highest BCUT2D eigenvalue weighted by Crippen LogP contribution is 2.23. The van der Waals surface area contributed by atoms with E-state index in [4.69, 9.17) is 8.94 Å². The summed E-state index contributed by atoms with van der Waals surface area (Å²) in [6.07, 6.45) is 3.60. The van der Waals surface area contributed by atoms with Crippen LogP contribution in [-0.2, 0) is 19.5 Å². The van der Waals surface area contributed by atoms with E-state index in [1.807, 2.05) is 6.07 Å². The summed E-state index contributed by atoms with van der Waals surface area (Å²) in [5.41, 5.74) is 1.27. The number of benzene rings is 1. The zero-order valence-corrected chi connectivity index (χ0v) is 12.8. The average molecular weight is 331 g/mol. The van der Waals surface area contributed by atoms with Gasteiger partial charge in [0.1, 0.15) is 17.4 Å². The van der Waals surface area contributed by atoms with Gasteiger partial charge in [0.15, 0.2) is 5.82 Å². The zero-order valence-electron chi connectivity index (χ0n) is 12.8. The van der Waals surface area contributed by atoms with Gasteiger partial charge in [-0.15, -0.1) is 0 Å². The van der Waals surface area contributed by atoms with Crippen LogP contribution in [0.3, 0.4) is 0 Å². The van der Waals surface area contributed by atoms with Crippen LogP contribution >= 0.6 is 0 Å². The quantitative estimate of drug-likeness (QED) is 0.734. The molecule has 0 radical (unpaired) electrons. The zero-order chi connectivity index (χ0) is 16.5. The number of nitrogens with zero attached hydrogens (tertiary/aromatic N) is 3. The van der Waals surface area contributed by atoms with Crippen molar-refractivity contribution in [3.8, 4) is 11.5 Å². The molecule has 24 heavy (non-hydrogen) atoms. The van der Waals surface area contributed by atoms with Gasteiger partial charge in [-0.2, -0.15) is 4.98 Å². The van der Waals surface area contributed by atoms with E-state index in [2.05, 4.69) is 15.0 Å². The molecule has 2 aromatic heterocycles. The summed E-state index contributed by atoms with van der Waals surface area (Å²) in [4.78, 5) is 6.43. The summed E-state index contributed by atoms with van der Waals surface area (Å²) < 4.78 is 37.4. The fraction of sp³-hybridized carbons (Fsp3) is 0.294. The van der Waals surface area contributed by atoms with Gasteiger partial charge in [0.2, 0.25) is 0 Å². The van der Waals surface area contributed by atoms with Gasteiger partial charge in [-0.1, -0.05) is 5.16 Å². The lowest BCUT2D eigenvalue weighted by atomic mass is 10.2. The van der Waals surface area contributed by atoms with Crippen LogP contribution in [0.2, 0.25) is 0 Å². The maximum absolute atomic E-state index is 13.8. The molecule has 4 rings (SSSR count). The topological polar surface area (TPSA) is 55.3 Å². The van der Waals surface area contributed by atoms with E-state index in [-0.39, 0.29) is 11.5 Å². The number of halogens is 2. The minimum absolute atomic E-state index is 0.0568. The molecular formula is C17H15F2N3O2. The second-order valence-electron chi connectivity index (χ2n) is 5.82. The molecule has 0 saturated carbocycles. The molecule has 1 aliphatic heterocycles. The van der Waals surface area contributed by atoms with Gasteiger partial charge < -0.3 is 8.94 Å². The predicted molar refractivity (Wildman–Crippen MR) is 80.8 cm³/mol. The molecule has 0 bridgehead atoms. The van der Waals surface area contributed by atoms with Crippen molar-refractivity contribution in [2.45, 2.75) is 25.9 Å². The molecule has 0 saturated heterocycles. The molecule has 1 aliphatic rings. The van der Waals surface area contributed by atoms with Crippen molar-refractivity contribution in [3.05, 3.63) is 59.3 Å². The first-order valence-corrected chi connectivity index (χ1v) is 7.74. The van der Waals surface area contributed by atoms with Crippen molar-refractivity contribution in [2.24, 2.45) is 0 Å². The summed E-state index contributed by atoms with van der Waals surface area (Å²) in [6.45, 7) is 2.14. The first kappa shape index (κ1) is 15.0. The lowest BCUT2D eigenvalue weighted by Crippen LogP contribution is -2.23. The number of aryl methyl sites for hydroxylation is 1. The fourth-order valence-corrected chi connectivity index (χ4v) is 2.94. The van der Waals surface area contributed by atoms with Crippen molar-refractivity contribution in [1.82, 2.24) is 15.0 Å². The number of fused-ring (bicyclic) bond motifs is 1. The molecule has 0 unspecified atom stereocenters. The van der Waals surface area contributed by atoms with Crippen LogP contribution in [0.5, 0.6) is 0 Å². The van der Waals surface area contributed by atoms with E-state index in [0.717, 1.165) is 43.8 Å². The number of furan rings is 1. The van der Waals surface area contributed by atoms with Crippen molar-refractivity contribution >= 4 is 0 Å². The molecule has 1 aromatic carbocycles. The summed E-state index contributed by atoms with van der Waals surface area (Å²) in [5, 5.41) is 3.91. The molecule has 7 heteroatoms. The van der Waals surface area contributed by atoms with E-state index >= 15 is 0 Å². The standard InChI is InChI=1S/C17H15F2N3O2/c18-12-3-4-13(14(19)8-12)17-20-16(21-24-17)10-22-6-1-2-15-11(9-22)5-7-23-15/h3-5,7-8H,1-2,6,9-10H2. The molecule has 0 fully saturated rings. The Morgan fingerprint density at radius 3 is 3.00 bits per heavy atom. The smallest absolute Gasteiger partial charge is 0.260 e. The van der Waals surface area contributed by atoms with Gasteiger partial charge in [-0.3, -0.25) is 4.90 Å². The number of hydrogen-bond acceptors (Lipinski definition) is 5. The molecule has 0 amide bonds. The second kappa shape index (κ2) is 6.16. The summed E-state index contributed by atoms with van der Waals surface area (Å²) in [7, 11) is 0. The Labute approximate surface area is 136 Å². The lowest BCUT2D eigenvalue weighted by Gasteiger charge is -2.17. The van der Waals surface area contributed by atoms with E-state index in [1.54, 1.807) is 6.26 Å². The van der Waals surface area contributed by atoms with Crippen molar-refractivity contribution in [2.75, 3.05) is 6.54 Å². The molecule has 3 aromatic rings. The molecular weight excluding hydrogens is 316 g/mol. The van der Waals surface area contributed by atoms with Crippen molar-refractivity contribution in [3.63, 3.8) is 0 Å². The van der Waals surface area contributed by atoms with Crippen molar-refractivity contribution in [1.29, 1.82) is 0 Å². The summed E-state index contributed by atoms with van der Waals surface area (Å²) >= 11 is 0. The largest absolute Gasteiger partial charge is 0.469 e. The fourth-order valence-electron chi connectivity index (χ4n) is 2.94. The summed E-state index contributed by atoms with van der Waals surface area (Å²) in [6, 6.07) is 5.24. The Morgan fingerprint density at radius 1 is 1.21 bits per heavy atom. The maximum atomic E-state index is 13.8. The number of hydrogen-bond donors (Lipinski definition) is 0. The molecule has 3 heterocycles. The SMILES string of the molecule is Fc1ccc(-c2nc(CN3CCCc4occc4C3)no2)c(F)c1. The van der Waals surface area contributed by atoms with Gasteiger partial charge in [-0.05, 0) is 31.2 Å². The average Bonchev–Trinajstić information content (AvgIpc) is 3.13. The summed E-state index contributed by atoms with van der Waals surface area (Å²) in [5.74, 6) is 0.196. The molecule has 0 atom stereocenters. The molecule has 5 nitrogen and oxygen atoms in total. The van der Waals surface area contributed by atoms with E-state index in [0.29, 0.717) is 12.4 Å². The van der Waals surface area contributed by atoms with Crippen LogP contribution in [0, 0.1) is 11.6 Å². The van der Waals surface area contributed by atoms with Crippen LogP contribution in [0.1, 0.15) is 23.6 Å². The molecule has 124 valence electrons. The minimum Gasteiger partial charge on any atom is -0.469 e. The Kier molecular flexibility index (Phi) is 3.86. The molecule has 0 spiro atoms. The first-order chi connectivity index (χ1) is 11.7. The third kappa shape index (κ3) is 2.94. The van der Waals surface area contributed by atoms with E-state index < -0.39 is 11.6 Å². The number of aromatic nitrogens is 2. The second-order valence-corrected chi connectivity index (χ2v) is 5.82. The highest BCUT2D eigenvalue weighted by atomic mass is 19.1. The lowest BCUT2D eigenvalue weighted by molar-refractivity contribution is 0.250. The normalized spacial score (nSPS) is 15.2. The van der Waals surface area contributed by atoms with Gasteiger partial charge in [0.05, 0.1) is 18.4 Å². The van der Waals surface area contributed by atoms with Crippen LogP contribution in [0.4, 0.5) is 8.78 Å². The Hall–Kier alpha value is -2.54. The van der Waals surface area contributed by atoms with Gasteiger partial charge in [0, 0.05) is 24.6 Å². The highest BCUT2D eigenvalue weighted by molar-refractivity contribution is 5.53. The maximum Gasteiger partial charge on any atom is 0.260 e. The number of rotatable bonds is 3. The Morgan fingerprint density at radius 2 is 2.12 bits per heavy atom.